The zero-order chi connectivity index (χ0) is 11.0. The highest BCUT2D eigenvalue weighted by molar-refractivity contribution is 5.84. The van der Waals surface area contributed by atoms with Crippen LogP contribution in [0, 0.1) is 0 Å². The lowest BCUT2D eigenvalue weighted by atomic mass is 10.4. The van der Waals surface area contributed by atoms with Gasteiger partial charge in [-0.25, -0.2) is 0 Å². The van der Waals surface area contributed by atoms with E-state index < -0.39 is 0 Å². The third kappa shape index (κ3) is 7.54. The monoisotopic (exact) mass is 201 g/mol. The van der Waals surface area contributed by atoms with Gasteiger partial charge in [0.1, 0.15) is 0 Å². The summed E-state index contributed by atoms with van der Waals surface area (Å²) in [5, 5.41) is 5.20. The molecular formula is C9H19N3O2. The van der Waals surface area contributed by atoms with Gasteiger partial charge in [-0.2, -0.15) is 0 Å². The summed E-state index contributed by atoms with van der Waals surface area (Å²) in [5.41, 5.74) is 0. The fourth-order valence-electron chi connectivity index (χ4n) is 0.785. The molecule has 0 aliphatic heterocycles. The predicted molar refractivity (Wildman–Crippen MR) is 54.9 cm³/mol. The molecule has 0 saturated heterocycles. The van der Waals surface area contributed by atoms with Crippen LogP contribution in [-0.4, -0.2) is 50.4 Å². The third-order valence-electron chi connectivity index (χ3n) is 1.65. The standard InChI is InChI=1S/C9H19N3O2/c1-4-8(13)11-7-9(14)10-5-6-12(2)3/h4-7H2,1-3H3,(H,10,14)(H,11,13). The predicted octanol–water partition coefficient (Wildman–Crippen LogP) is -0.810. The first kappa shape index (κ1) is 12.9. The number of nitrogens with one attached hydrogen (secondary N) is 2. The summed E-state index contributed by atoms with van der Waals surface area (Å²) >= 11 is 0. The van der Waals surface area contributed by atoms with Crippen LogP contribution in [0.5, 0.6) is 0 Å². The molecule has 82 valence electrons. The van der Waals surface area contributed by atoms with E-state index in [1.807, 2.05) is 19.0 Å². The topological polar surface area (TPSA) is 61.4 Å². The van der Waals surface area contributed by atoms with Gasteiger partial charge < -0.3 is 15.5 Å². The summed E-state index contributed by atoms with van der Waals surface area (Å²) in [7, 11) is 3.87. The molecule has 0 aliphatic carbocycles. The zero-order valence-corrected chi connectivity index (χ0v) is 9.09. The van der Waals surface area contributed by atoms with Gasteiger partial charge in [-0.1, -0.05) is 6.92 Å². The molecule has 0 fully saturated rings. The van der Waals surface area contributed by atoms with Gasteiger partial charge in [-0.3, -0.25) is 9.59 Å². The normalized spacial score (nSPS) is 10.0. The Labute approximate surface area is 84.8 Å². The molecule has 0 spiro atoms. The largest absolute Gasteiger partial charge is 0.353 e. The Morgan fingerprint density at radius 2 is 1.79 bits per heavy atom. The molecule has 0 aromatic rings. The van der Waals surface area contributed by atoms with Gasteiger partial charge in [0.25, 0.3) is 0 Å². The highest BCUT2D eigenvalue weighted by Crippen LogP contribution is 1.75. The number of carbonyl (C=O) groups is 2. The molecule has 0 rings (SSSR count). The molecule has 14 heavy (non-hydrogen) atoms. The van der Waals surface area contributed by atoms with E-state index >= 15 is 0 Å². The second-order valence-corrected chi connectivity index (χ2v) is 3.28. The number of hydrogen-bond acceptors (Lipinski definition) is 3. The average Bonchev–Trinajstić information content (AvgIpc) is 2.13. The Morgan fingerprint density at radius 1 is 1.14 bits per heavy atom. The average molecular weight is 201 g/mol. The molecule has 0 aromatic carbocycles. The van der Waals surface area contributed by atoms with Gasteiger partial charge in [0.15, 0.2) is 0 Å². The van der Waals surface area contributed by atoms with Crippen LogP contribution in [0.2, 0.25) is 0 Å². The first-order valence-electron chi connectivity index (χ1n) is 4.74. The maximum absolute atomic E-state index is 11.1. The molecule has 0 aliphatic rings. The molecule has 2 N–H and O–H groups in total. The lowest BCUT2D eigenvalue weighted by Gasteiger charge is -2.10. The fraction of sp³-hybridized carbons (Fsp3) is 0.778. The van der Waals surface area contributed by atoms with Crippen molar-refractivity contribution in [2.75, 3.05) is 33.7 Å². The van der Waals surface area contributed by atoms with Crippen LogP contribution in [-0.2, 0) is 9.59 Å². The minimum atomic E-state index is -0.145. The van der Waals surface area contributed by atoms with Crippen LogP contribution in [0.3, 0.4) is 0 Å². The second kappa shape index (κ2) is 7.32. The van der Waals surface area contributed by atoms with Crippen molar-refractivity contribution in [1.82, 2.24) is 15.5 Å². The Bertz CT molecular complexity index is 192. The van der Waals surface area contributed by atoms with Crippen LogP contribution in [0.1, 0.15) is 13.3 Å². The SMILES string of the molecule is CCC(=O)NCC(=O)NCCN(C)C. The van der Waals surface area contributed by atoms with Gasteiger partial charge in [0.05, 0.1) is 6.54 Å². The summed E-state index contributed by atoms with van der Waals surface area (Å²) in [6, 6.07) is 0. The Kier molecular flexibility index (Phi) is 6.74. The van der Waals surface area contributed by atoms with Gasteiger partial charge >= 0.3 is 0 Å². The maximum Gasteiger partial charge on any atom is 0.239 e. The Morgan fingerprint density at radius 3 is 2.29 bits per heavy atom. The molecule has 2 amide bonds. The van der Waals surface area contributed by atoms with E-state index in [4.69, 9.17) is 0 Å². The van der Waals surface area contributed by atoms with E-state index in [2.05, 4.69) is 10.6 Å². The highest BCUT2D eigenvalue weighted by Gasteiger charge is 2.02. The molecule has 0 aromatic heterocycles. The lowest BCUT2D eigenvalue weighted by Crippen LogP contribution is -2.39. The van der Waals surface area contributed by atoms with Crippen molar-refractivity contribution >= 4 is 11.8 Å². The quantitative estimate of drug-likeness (QED) is 0.591. The van der Waals surface area contributed by atoms with Crippen molar-refractivity contribution < 1.29 is 9.59 Å². The van der Waals surface area contributed by atoms with Crippen LogP contribution >= 0.6 is 0 Å². The molecule has 0 radical (unpaired) electrons. The maximum atomic E-state index is 11.1. The first-order valence-corrected chi connectivity index (χ1v) is 4.74. The number of amides is 2. The first-order chi connectivity index (χ1) is 6.56. The molecule has 5 nitrogen and oxygen atoms in total. The molecular weight excluding hydrogens is 182 g/mol. The fourth-order valence-corrected chi connectivity index (χ4v) is 0.785. The molecule has 0 saturated carbocycles. The number of hydrogen-bond donors (Lipinski definition) is 2. The van der Waals surface area contributed by atoms with Gasteiger partial charge in [0.2, 0.25) is 11.8 Å². The van der Waals surface area contributed by atoms with E-state index in [9.17, 15) is 9.59 Å². The molecule has 0 heterocycles. The van der Waals surface area contributed by atoms with Gasteiger partial charge in [0, 0.05) is 19.5 Å². The zero-order valence-electron chi connectivity index (χ0n) is 9.09. The molecule has 0 unspecified atom stereocenters. The van der Waals surface area contributed by atoms with Crippen LogP contribution in [0.15, 0.2) is 0 Å². The summed E-state index contributed by atoms with van der Waals surface area (Å²) < 4.78 is 0. The van der Waals surface area contributed by atoms with Crippen molar-refractivity contribution in [3.63, 3.8) is 0 Å². The molecule has 0 atom stereocenters. The summed E-state index contributed by atoms with van der Waals surface area (Å²) in [5.74, 6) is -0.249. The second-order valence-electron chi connectivity index (χ2n) is 3.28. The van der Waals surface area contributed by atoms with Crippen molar-refractivity contribution in [2.45, 2.75) is 13.3 Å². The van der Waals surface area contributed by atoms with Crippen molar-refractivity contribution in [1.29, 1.82) is 0 Å². The number of carbonyl (C=O) groups excluding carboxylic acids is 2. The van der Waals surface area contributed by atoms with Crippen LogP contribution < -0.4 is 10.6 Å². The number of rotatable bonds is 6. The Hall–Kier alpha value is -1.10. The number of nitrogens with zero attached hydrogens (tertiary/aromatic N) is 1. The third-order valence-corrected chi connectivity index (χ3v) is 1.65. The highest BCUT2D eigenvalue weighted by atomic mass is 16.2. The minimum Gasteiger partial charge on any atom is -0.353 e. The van der Waals surface area contributed by atoms with E-state index in [1.165, 1.54) is 0 Å². The Balaban J connectivity index is 3.42. The van der Waals surface area contributed by atoms with Crippen molar-refractivity contribution in [3.05, 3.63) is 0 Å². The summed E-state index contributed by atoms with van der Waals surface area (Å²) in [6.07, 6.45) is 0.408. The van der Waals surface area contributed by atoms with Crippen molar-refractivity contribution in [3.8, 4) is 0 Å². The molecule has 5 heteroatoms. The number of likely N-dealkylation sites (N-methyl/N-ethyl adjacent to an activating group) is 1. The van der Waals surface area contributed by atoms with E-state index in [-0.39, 0.29) is 18.4 Å². The van der Waals surface area contributed by atoms with Crippen molar-refractivity contribution in [2.24, 2.45) is 0 Å². The van der Waals surface area contributed by atoms with E-state index in [0.29, 0.717) is 13.0 Å². The van der Waals surface area contributed by atoms with Crippen LogP contribution in [0.25, 0.3) is 0 Å². The van der Waals surface area contributed by atoms with E-state index in [1.54, 1.807) is 6.92 Å². The van der Waals surface area contributed by atoms with Gasteiger partial charge in [-0.05, 0) is 14.1 Å². The van der Waals surface area contributed by atoms with E-state index in [0.717, 1.165) is 6.54 Å². The van der Waals surface area contributed by atoms with Crippen LogP contribution in [0.4, 0.5) is 0 Å². The summed E-state index contributed by atoms with van der Waals surface area (Å²) in [6.45, 7) is 3.22. The van der Waals surface area contributed by atoms with Gasteiger partial charge in [-0.15, -0.1) is 0 Å². The smallest absolute Gasteiger partial charge is 0.239 e. The minimum absolute atomic E-state index is 0.0695. The lowest BCUT2D eigenvalue weighted by molar-refractivity contribution is -0.125. The summed E-state index contributed by atoms with van der Waals surface area (Å²) in [4.78, 5) is 23.9. The molecule has 0 bridgehead atoms.